The monoisotopic (exact) mass is 439 g/mol. The molecule has 2 aromatic carbocycles. The van der Waals surface area contributed by atoms with Crippen LogP contribution in [0.3, 0.4) is 0 Å². The van der Waals surface area contributed by atoms with Crippen molar-refractivity contribution in [3.05, 3.63) is 82.5 Å². The minimum atomic E-state index is -0.598. The van der Waals surface area contributed by atoms with E-state index in [9.17, 15) is 9.59 Å². The third-order valence-electron chi connectivity index (χ3n) is 4.71. The van der Waals surface area contributed by atoms with E-state index in [4.69, 9.17) is 25.8 Å². The number of halogens is 1. The van der Waals surface area contributed by atoms with Crippen LogP contribution in [0.5, 0.6) is 11.5 Å². The zero-order valence-electron chi connectivity index (χ0n) is 17.5. The summed E-state index contributed by atoms with van der Waals surface area (Å²) in [6.45, 7) is 5.65. The lowest BCUT2D eigenvalue weighted by Crippen LogP contribution is -2.24. The molecule has 0 fully saturated rings. The Balaban J connectivity index is 2.08. The second-order valence-electron chi connectivity index (χ2n) is 6.64. The number of rotatable bonds is 7. The van der Waals surface area contributed by atoms with Gasteiger partial charge in [-0.15, -0.1) is 0 Å². The predicted octanol–water partition coefficient (Wildman–Crippen LogP) is 4.79. The molecule has 31 heavy (non-hydrogen) atoms. The fourth-order valence-corrected chi connectivity index (χ4v) is 3.50. The molecule has 0 saturated carbocycles. The van der Waals surface area contributed by atoms with Crippen molar-refractivity contribution >= 4 is 35.2 Å². The van der Waals surface area contributed by atoms with E-state index < -0.39 is 5.97 Å². The molecule has 0 bridgehead atoms. The van der Waals surface area contributed by atoms with Gasteiger partial charge in [0.05, 0.1) is 31.1 Å². The molecule has 6 nitrogen and oxygen atoms in total. The molecule has 0 radical (unpaired) electrons. The summed E-state index contributed by atoms with van der Waals surface area (Å²) in [5.41, 5.74) is 2.09. The van der Waals surface area contributed by atoms with Gasteiger partial charge in [-0.2, -0.15) is 0 Å². The summed E-state index contributed by atoms with van der Waals surface area (Å²) in [5, 5.41) is 0.481. The molecular formula is C24H22ClNO5. The zero-order valence-corrected chi connectivity index (χ0v) is 18.2. The van der Waals surface area contributed by atoms with Gasteiger partial charge in [-0.25, -0.2) is 4.79 Å². The largest absolute Gasteiger partial charge is 0.493 e. The van der Waals surface area contributed by atoms with Gasteiger partial charge in [-0.1, -0.05) is 36.4 Å². The Morgan fingerprint density at radius 1 is 1.16 bits per heavy atom. The number of esters is 1. The quantitative estimate of drug-likeness (QED) is 0.352. The normalized spacial score (nSPS) is 14.8. The van der Waals surface area contributed by atoms with Crippen molar-refractivity contribution in [3.8, 4) is 11.5 Å². The zero-order chi connectivity index (χ0) is 22.5. The number of ether oxygens (including phenoxy) is 3. The van der Waals surface area contributed by atoms with Crippen molar-refractivity contribution in [2.24, 2.45) is 0 Å². The minimum absolute atomic E-state index is 0.193. The summed E-state index contributed by atoms with van der Waals surface area (Å²) in [6.07, 6.45) is 3.26. The highest BCUT2D eigenvalue weighted by Crippen LogP contribution is 2.37. The highest BCUT2D eigenvalue weighted by molar-refractivity contribution is 6.31. The maximum absolute atomic E-state index is 13.3. The standard InChI is InChI=1S/C24H22ClNO5/c1-5-11-31-20-10-9-16(13-21(20)29-3)12-19-22(24(28)30-4)15(2)26(23(19)27)18-8-6-7-17(25)14-18/h5-10,12-14H,1,11H2,2-4H3/b19-12-. The number of hydrogen-bond acceptors (Lipinski definition) is 5. The third kappa shape index (κ3) is 4.49. The Morgan fingerprint density at radius 2 is 1.94 bits per heavy atom. The summed E-state index contributed by atoms with van der Waals surface area (Å²) >= 11 is 6.10. The molecule has 1 amide bonds. The van der Waals surface area contributed by atoms with E-state index in [1.54, 1.807) is 61.5 Å². The smallest absolute Gasteiger partial charge is 0.340 e. The molecule has 0 atom stereocenters. The molecule has 1 aliphatic heterocycles. The van der Waals surface area contributed by atoms with Gasteiger partial charge in [0.15, 0.2) is 11.5 Å². The number of methoxy groups -OCH3 is 2. The fourth-order valence-electron chi connectivity index (χ4n) is 3.31. The van der Waals surface area contributed by atoms with E-state index in [2.05, 4.69) is 6.58 Å². The lowest BCUT2D eigenvalue weighted by molar-refractivity contribution is -0.136. The molecule has 2 aromatic rings. The summed E-state index contributed by atoms with van der Waals surface area (Å²) < 4.78 is 15.9. The lowest BCUT2D eigenvalue weighted by Gasteiger charge is -2.18. The van der Waals surface area contributed by atoms with Crippen LogP contribution in [0.25, 0.3) is 6.08 Å². The molecule has 160 valence electrons. The van der Waals surface area contributed by atoms with Crippen molar-refractivity contribution in [1.29, 1.82) is 0 Å². The molecule has 3 rings (SSSR count). The van der Waals surface area contributed by atoms with Gasteiger partial charge in [-0.05, 0) is 48.9 Å². The molecule has 0 unspecified atom stereocenters. The van der Waals surface area contributed by atoms with Crippen LogP contribution in [0.2, 0.25) is 5.02 Å². The van der Waals surface area contributed by atoms with Crippen LogP contribution in [0.15, 0.2) is 72.0 Å². The second-order valence-corrected chi connectivity index (χ2v) is 7.08. The highest BCUT2D eigenvalue weighted by atomic mass is 35.5. The van der Waals surface area contributed by atoms with E-state index in [0.29, 0.717) is 40.1 Å². The molecule has 0 aliphatic carbocycles. The van der Waals surface area contributed by atoms with Gasteiger partial charge in [0, 0.05) is 10.7 Å². The second kappa shape index (κ2) is 9.53. The van der Waals surface area contributed by atoms with E-state index in [-0.39, 0.29) is 17.1 Å². The number of allylic oxidation sites excluding steroid dienone is 1. The van der Waals surface area contributed by atoms with Crippen LogP contribution in [0.1, 0.15) is 12.5 Å². The topological polar surface area (TPSA) is 65.1 Å². The van der Waals surface area contributed by atoms with Gasteiger partial charge in [0.2, 0.25) is 0 Å². The molecule has 0 aromatic heterocycles. The summed E-state index contributed by atoms with van der Waals surface area (Å²) in [7, 11) is 2.81. The number of hydrogen-bond donors (Lipinski definition) is 0. The summed E-state index contributed by atoms with van der Waals surface area (Å²) in [6, 6.07) is 12.1. The van der Waals surface area contributed by atoms with Gasteiger partial charge in [0.1, 0.15) is 6.61 Å². The van der Waals surface area contributed by atoms with Crippen molar-refractivity contribution in [2.45, 2.75) is 6.92 Å². The van der Waals surface area contributed by atoms with Gasteiger partial charge in [0.25, 0.3) is 5.91 Å². The first-order valence-corrected chi connectivity index (χ1v) is 9.82. The third-order valence-corrected chi connectivity index (χ3v) is 4.95. The molecule has 1 heterocycles. The Bertz CT molecular complexity index is 1100. The average Bonchev–Trinajstić information content (AvgIpc) is 3.01. The highest BCUT2D eigenvalue weighted by Gasteiger charge is 2.38. The molecule has 0 N–H and O–H groups in total. The van der Waals surface area contributed by atoms with Gasteiger partial charge < -0.3 is 14.2 Å². The van der Waals surface area contributed by atoms with E-state index in [0.717, 1.165) is 0 Å². The Hall–Kier alpha value is -3.51. The minimum Gasteiger partial charge on any atom is -0.493 e. The van der Waals surface area contributed by atoms with Crippen LogP contribution in [0.4, 0.5) is 5.69 Å². The van der Waals surface area contributed by atoms with Crippen molar-refractivity contribution < 1.29 is 23.8 Å². The van der Waals surface area contributed by atoms with E-state index in [1.165, 1.54) is 19.1 Å². The fraction of sp³-hybridized carbons (Fsp3) is 0.167. The van der Waals surface area contributed by atoms with Gasteiger partial charge >= 0.3 is 5.97 Å². The summed E-state index contributed by atoms with van der Waals surface area (Å²) in [5.74, 6) is 0.0853. The number of anilines is 1. The maximum Gasteiger partial charge on any atom is 0.340 e. The first-order valence-electron chi connectivity index (χ1n) is 9.44. The van der Waals surface area contributed by atoms with Gasteiger partial charge in [-0.3, -0.25) is 9.69 Å². The first-order chi connectivity index (χ1) is 14.9. The van der Waals surface area contributed by atoms with Crippen LogP contribution in [-0.2, 0) is 14.3 Å². The molecular weight excluding hydrogens is 418 g/mol. The molecule has 0 spiro atoms. The van der Waals surface area contributed by atoms with E-state index >= 15 is 0 Å². The molecule has 7 heteroatoms. The maximum atomic E-state index is 13.3. The number of nitrogens with zero attached hydrogens (tertiary/aromatic N) is 1. The Labute approximate surface area is 186 Å². The number of amides is 1. The van der Waals surface area contributed by atoms with Crippen LogP contribution < -0.4 is 14.4 Å². The van der Waals surface area contributed by atoms with Crippen LogP contribution in [-0.4, -0.2) is 32.7 Å². The lowest BCUT2D eigenvalue weighted by atomic mass is 10.0. The number of carbonyl (C=O) groups is 2. The van der Waals surface area contributed by atoms with Crippen LogP contribution >= 0.6 is 11.6 Å². The Morgan fingerprint density at radius 3 is 2.58 bits per heavy atom. The SMILES string of the molecule is C=CCOc1ccc(/C=C2\C(=O)N(c3cccc(Cl)c3)C(C)=C2C(=O)OC)cc1OC. The number of carbonyl (C=O) groups excluding carboxylic acids is 2. The number of benzene rings is 2. The first kappa shape index (κ1) is 22.2. The molecule has 0 saturated heterocycles. The van der Waals surface area contributed by atoms with Crippen molar-refractivity contribution in [3.63, 3.8) is 0 Å². The summed E-state index contributed by atoms with van der Waals surface area (Å²) in [4.78, 5) is 27.3. The predicted molar refractivity (Wildman–Crippen MR) is 120 cm³/mol. The van der Waals surface area contributed by atoms with Crippen LogP contribution in [0, 0.1) is 0 Å². The van der Waals surface area contributed by atoms with Crippen molar-refractivity contribution in [1.82, 2.24) is 0 Å². The average molecular weight is 440 g/mol. The molecule has 1 aliphatic rings. The Kier molecular flexibility index (Phi) is 6.82. The van der Waals surface area contributed by atoms with E-state index in [1.807, 2.05) is 0 Å². The van der Waals surface area contributed by atoms with Crippen molar-refractivity contribution in [2.75, 3.05) is 25.7 Å².